The number of likely N-dealkylation sites (tertiary alicyclic amines) is 1. The third kappa shape index (κ3) is 4.70. The van der Waals surface area contributed by atoms with Gasteiger partial charge in [0.1, 0.15) is 15.6 Å². The molecule has 0 N–H and O–H groups in total. The Morgan fingerprint density at radius 3 is 2.43 bits per heavy atom. The van der Waals surface area contributed by atoms with E-state index in [9.17, 15) is 9.59 Å². The van der Waals surface area contributed by atoms with Gasteiger partial charge in [0.2, 0.25) is 0 Å². The molecular formula is C21H26N2O4S. The predicted molar refractivity (Wildman–Crippen MR) is 109 cm³/mol. The van der Waals surface area contributed by atoms with E-state index in [0.29, 0.717) is 22.4 Å². The molecule has 0 spiro atoms. The first kappa shape index (κ1) is 20.3. The van der Waals surface area contributed by atoms with Crippen molar-refractivity contribution < 1.29 is 19.1 Å². The normalized spacial score (nSPS) is 19.4. The highest BCUT2D eigenvalue weighted by molar-refractivity contribution is 7.17. The van der Waals surface area contributed by atoms with E-state index < -0.39 is 5.97 Å². The van der Waals surface area contributed by atoms with Crippen molar-refractivity contribution in [3.05, 3.63) is 34.8 Å². The molecular weight excluding hydrogens is 376 g/mol. The van der Waals surface area contributed by atoms with Crippen molar-refractivity contribution in [2.45, 2.75) is 27.2 Å². The molecule has 6 nitrogen and oxygen atoms in total. The van der Waals surface area contributed by atoms with E-state index in [4.69, 9.17) is 9.47 Å². The topological polar surface area (TPSA) is 68.7 Å². The number of amides is 1. The number of aromatic nitrogens is 1. The summed E-state index contributed by atoms with van der Waals surface area (Å²) in [4.78, 5) is 31.6. The monoisotopic (exact) mass is 402 g/mol. The number of thiazole rings is 1. The van der Waals surface area contributed by atoms with Crippen LogP contribution in [0.3, 0.4) is 0 Å². The minimum atomic E-state index is -0.499. The average molecular weight is 403 g/mol. The number of aryl methyl sites for hydroxylation is 1. The van der Waals surface area contributed by atoms with E-state index in [1.54, 1.807) is 18.9 Å². The molecule has 0 aliphatic carbocycles. The molecule has 7 heteroatoms. The van der Waals surface area contributed by atoms with Gasteiger partial charge in [0.25, 0.3) is 5.91 Å². The van der Waals surface area contributed by atoms with Gasteiger partial charge < -0.3 is 14.4 Å². The Bertz CT molecular complexity index is 837. The molecule has 0 radical (unpaired) electrons. The van der Waals surface area contributed by atoms with Gasteiger partial charge in [-0.25, -0.2) is 9.78 Å². The zero-order valence-electron chi connectivity index (χ0n) is 16.7. The number of carbonyl (C=O) groups excluding carboxylic acids is 2. The van der Waals surface area contributed by atoms with Crippen molar-refractivity contribution in [3.63, 3.8) is 0 Å². The van der Waals surface area contributed by atoms with Crippen LogP contribution in [0.1, 0.15) is 35.6 Å². The van der Waals surface area contributed by atoms with Gasteiger partial charge in [0.15, 0.2) is 6.61 Å². The summed E-state index contributed by atoms with van der Waals surface area (Å²) in [5.41, 5.74) is 1.51. The Kier molecular flexibility index (Phi) is 6.34. The van der Waals surface area contributed by atoms with Crippen LogP contribution in [0.5, 0.6) is 5.75 Å². The molecule has 0 saturated carbocycles. The second-order valence-corrected chi connectivity index (χ2v) is 8.48. The highest BCUT2D eigenvalue weighted by atomic mass is 32.1. The number of piperidine rings is 1. The number of methoxy groups -OCH3 is 1. The summed E-state index contributed by atoms with van der Waals surface area (Å²) < 4.78 is 10.5. The van der Waals surface area contributed by atoms with E-state index in [1.165, 1.54) is 11.3 Å². The minimum absolute atomic E-state index is 0.135. The lowest BCUT2D eigenvalue weighted by Gasteiger charge is -2.34. The maximum Gasteiger partial charge on any atom is 0.350 e. The lowest BCUT2D eigenvalue weighted by atomic mass is 9.92. The summed E-state index contributed by atoms with van der Waals surface area (Å²) >= 11 is 1.27. The number of ether oxygens (including phenoxy) is 2. The fourth-order valence-corrected chi connectivity index (χ4v) is 4.56. The number of carbonyl (C=O) groups is 2. The minimum Gasteiger partial charge on any atom is -0.497 e. The van der Waals surface area contributed by atoms with Crippen LogP contribution in [-0.4, -0.2) is 48.6 Å². The smallest absolute Gasteiger partial charge is 0.350 e. The van der Waals surface area contributed by atoms with Gasteiger partial charge in [-0.15, -0.1) is 11.3 Å². The summed E-state index contributed by atoms with van der Waals surface area (Å²) in [5, 5.41) is 0.733. The summed E-state index contributed by atoms with van der Waals surface area (Å²) in [6.45, 7) is 7.28. The van der Waals surface area contributed by atoms with Gasteiger partial charge in [0.05, 0.1) is 12.8 Å². The number of hydrogen-bond donors (Lipinski definition) is 0. The Morgan fingerprint density at radius 1 is 1.18 bits per heavy atom. The molecule has 28 heavy (non-hydrogen) atoms. The number of rotatable bonds is 5. The van der Waals surface area contributed by atoms with E-state index in [2.05, 4.69) is 18.8 Å². The molecule has 1 aromatic heterocycles. The predicted octanol–water partition coefficient (Wildman–Crippen LogP) is 3.79. The molecule has 1 aromatic carbocycles. The molecule has 1 aliphatic heterocycles. The second kappa shape index (κ2) is 8.73. The van der Waals surface area contributed by atoms with Crippen LogP contribution in [0, 0.1) is 18.8 Å². The molecule has 3 rings (SSSR count). The van der Waals surface area contributed by atoms with E-state index in [0.717, 1.165) is 35.8 Å². The van der Waals surface area contributed by atoms with E-state index in [-0.39, 0.29) is 12.5 Å². The summed E-state index contributed by atoms with van der Waals surface area (Å²) in [5.74, 6) is 1.07. The fraction of sp³-hybridized carbons (Fsp3) is 0.476. The van der Waals surface area contributed by atoms with Crippen LogP contribution in [-0.2, 0) is 9.53 Å². The summed E-state index contributed by atoms with van der Waals surface area (Å²) in [6, 6.07) is 7.50. The van der Waals surface area contributed by atoms with E-state index in [1.807, 2.05) is 24.3 Å². The molecule has 2 heterocycles. The van der Waals surface area contributed by atoms with Crippen LogP contribution in [0.15, 0.2) is 24.3 Å². The maximum absolute atomic E-state index is 12.5. The van der Waals surface area contributed by atoms with Crippen molar-refractivity contribution in [3.8, 4) is 16.3 Å². The zero-order valence-corrected chi connectivity index (χ0v) is 17.5. The van der Waals surface area contributed by atoms with Gasteiger partial charge >= 0.3 is 5.97 Å². The number of benzene rings is 1. The number of hydrogen-bond acceptors (Lipinski definition) is 6. The van der Waals surface area contributed by atoms with Gasteiger partial charge in [-0.2, -0.15) is 0 Å². The lowest BCUT2D eigenvalue weighted by molar-refractivity contribution is -0.137. The zero-order chi connectivity index (χ0) is 20.3. The summed E-state index contributed by atoms with van der Waals surface area (Å²) in [6.07, 6.45) is 1.12. The van der Waals surface area contributed by atoms with Gasteiger partial charge in [0, 0.05) is 18.7 Å². The maximum atomic E-state index is 12.5. The number of esters is 1. The molecule has 1 amide bonds. The van der Waals surface area contributed by atoms with Gasteiger partial charge in [-0.1, -0.05) is 13.8 Å². The first-order valence-electron chi connectivity index (χ1n) is 9.44. The Balaban J connectivity index is 1.63. The average Bonchev–Trinajstić information content (AvgIpc) is 3.07. The van der Waals surface area contributed by atoms with Crippen molar-refractivity contribution in [2.75, 3.05) is 26.8 Å². The van der Waals surface area contributed by atoms with E-state index >= 15 is 0 Å². The Labute approximate surface area is 169 Å². The first-order valence-corrected chi connectivity index (χ1v) is 10.3. The summed E-state index contributed by atoms with van der Waals surface area (Å²) in [7, 11) is 1.61. The fourth-order valence-electron chi connectivity index (χ4n) is 3.59. The van der Waals surface area contributed by atoms with Crippen LogP contribution in [0.4, 0.5) is 0 Å². The third-order valence-corrected chi connectivity index (χ3v) is 6.05. The highest BCUT2D eigenvalue weighted by Crippen LogP contribution is 2.29. The van der Waals surface area contributed by atoms with Crippen molar-refractivity contribution in [1.82, 2.24) is 9.88 Å². The molecule has 2 aromatic rings. The largest absolute Gasteiger partial charge is 0.497 e. The third-order valence-electron chi connectivity index (χ3n) is 4.87. The van der Waals surface area contributed by atoms with Crippen molar-refractivity contribution in [2.24, 2.45) is 11.8 Å². The molecule has 0 bridgehead atoms. The van der Waals surface area contributed by atoms with Crippen molar-refractivity contribution in [1.29, 1.82) is 0 Å². The molecule has 0 unspecified atom stereocenters. The SMILES string of the molecule is COc1ccc(-c2nc(C)c(C(=O)OCC(=O)N3C[C@H](C)C[C@H](C)C3)s2)cc1. The molecule has 2 atom stereocenters. The number of nitrogens with zero attached hydrogens (tertiary/aromatic N) is 2. The van der Waals surface area contributed by atoms with Crippen molar-refractivity contribution >= 4 is 23.2 Å². The lowest BCUT2D eigenvalue weighted by Crippen LogP contribution is -2.44. The quantitative estimate of drug-likeness (QED) is 0.712. The highest BCUT2D eigenvalue weighted by Gasteiger charge is 2.26. The standard InChI is InChI=1S/C21H26N2O4S/c1-13-9-14(2)11-23(10-13)18(24)12-27-21(25)19-15(3)22-20(28-19)16-5-7-17(26-4)8-6-16/h5-8,13-14H,9-12H2,1-4H3/t13-,14+. The second-order valence-electron chi connectivity index (χ2n) is 7.48. The Hall–Kier alpha value is -2.41. The first-order chi connectivity index (χ1) is 13.4. The molecule has 1 saturated heterocycles. The molecule has 150 valence electrons. The van der Waals surface area contributed by atoms with Crippen LogP contribution < -0.4 is 4.74 Å². The van der Waals surface area contributed by atoms with Crippen LogP contribution in [0.2, 0.25) is 0 Å². The Morgan fingerprint density at radius 2 is 1.82 bits per heavy atom. The van der Waals surface area contributed by atoms with Crippen LogP contribution in [0.25, 0.3) is 10.6 Å². The van der Waals surface area contributed by atoms with Crippen LogP contribution >= 0.6 is 11.3 Å². The van der Waals surface area contributed by atoms with Gasteiger partial charge in [-0.3, -0.25) is 4.79 Å². The van der Waals surface area contributed by atoms with Gasteiger partial charge in [-0.05, 0) is 49.4 Å². The molecule has 1 fully saturated rings. The molecule has 1 aliphatic rings.